The van der Waals surface area contributed by atoms with Gasteiger partial charge in [0.25, 0.3) is 0 Å². The van der Waals surface area contributed by atoms with E-state index in [2.05, 4.69) is 0 Å². The molecule has 0 atom stereocenters. The standard InChI is InChI=1S/C20H24N2O2/c1-14-8-5-6-11-17(14)20(2,3)19(24)22(4)13-15-9-7-10-16(12-15)18(21)23/h5-12H,13H2,1-4H3,(H2,21,23). The SMILES string of the molecule is Cc1ccccc1C(C)(C)C(=O)N(C)Cc1cccc(C(N)=O)c1. The maximum Gasteiger partial charge on any atom is 0.248 e. The molecule has 0 fully saturated rings. The Kier molecular flexibility index (Phi) is 5.07. The third kappa shape index (κ3) is 3.65. The van der Waals surface area contributed by atoms with Gasteiger partial charge in [0.15, 0.2) is 0 Å². The maximum atomic E-state index is 13.0. The molecule has 4 heteroatoms. The van der Waals surface area contributed by atoms with Gasteiger partial charge in [-0.3, -0.25) is 9.59 Å². The van der Waals surface area contributed by atoms with Crippen LogP contribution in [0.3, 0.4) is 0 Å². The van der Waals surface area contributed by atoms with Crippen molar-refractivity contribution < 1.29 is 9.59 Å². The predicted octanol–water partition coefficient (Wildman–Crippen LogP) is 3.03. The van der Waals surface area contributed by atoms with E-state index >= 15 is 0 Å². The molecule has 2 amide bonds. The molecule has 126 valence electrons. The van der Waals surface area contributed by atoms with Crippen LogP contribution < -0.4 is 5.73 Å². The minimum Gasteiger partial charge on any atom is -0.366 e. The van der Waals surface area contributed by atoms with Crippen molar-refractivity contribution in [1.29, 1.82) is 0 Å². The fourth-order valence-corrected chi connectivity index (χ4v) is 3.04. The lowest BCUT2D eigenvalue weighted by molar-refractivity contribution is -0.135. The second kappa shape index (κ2) is 6.87. The molecule has 0 aliphatic carbocycles. The molecule has 0 saturated heterocycles. The van der Waals surface area contributed by atoms with Crippen LogP contribution in [0.5, 0.6) is 0 Å². The molecule has 2 N–H and O–H groups in total. The average Bonchev–Trinajstić information content (AvgIpc) is 2.54. The zero-order valence-electron chi connectivity index (χ0n) is 14.7. The summed E-state index contributed by atoms with van der Waals surface area (Å²) in [6, 6.07) is 15.0. The summed E-state index contributed by atoms with van der Waals surface area (Å²) in [7, 11) is 1.78. The number of hydrogen-bond donors (Lipinski definition) is 1. The van der Waals surface area contributed by atoms with E-state index in [1.54, 1.807) is 30.1 Å². The highest BCUT2D eigenvalue weighted by Crippen LogP contribution is 2.28. The fraction of sp³-hybridized carbons (Fsp3) is 0.300. The minimum absolute atomic E-state index is 0.0290. The van der Waals surface area contributed by atoms with Crippen LogP contribution in [0.25, 0.3) is 0 Å². The Morgan fingerprint density at radius 3 is 2.38 bits per heavy atom. The van der Waals surface area contributed by atoms with Crippen LogP contribution in [0.1, 0.15) is 40.9 Å². The van der Waals surface area contributed by atoms with Crippen LogP contribution in [0, 0.1) is 6.92 Å². The van der Waals surface area contributed by atoms with Gasteiger partial charge in [0.2, 0.25) is 11.8 Å². The quantitative estimate of drug-likeness (QED) is 0.919. The minimum atomic E-state index is -0.624. The molecule has 0 unspecified atom stereocenters. The van der Waals surface area contributed by atoms with Gasteiger partial charge in [0, 0.05) is 19.2 Å². The second-order valence-electron chi connectivity index (χ2n) is 6.67. The van der Waals surface area contributed by atoms with Crippen molar-refractivity contribution in [2.24, 2.45) is 5.73 Å². The molecular weight excluding hydrogens is 300 g/mol. The van der Waals surface area contributed by atoms with E-state index in [4.69, 9.17) is 5.73 Å². The van der Waals surface area contributed by atoms with Crippen molar-refractivity contribution in [2.75, 3.05) is 7.05 Å². The number of amides is 2. The Bertz CT molecular complexity index is 766. The van der Waals surface area contributed by atoms with E-state index in [0.29, 0.717) is 12.1 Å². The molecule has 4 nitrogen and oxygen atoms in total. The van der Waals surface area contributed by atoms with E-state index in [1.807, 2.05) is 51.1 Å². The summed E-state index contributed by atoms with van der Waals surface area (Å²) in [4.78, 5) is 26.0. The summed E-state index contributed by atoms with van der Waals surface area (Å²) in [5.41, 5.74) is 8.14. The van der Waals surface area contributed by atoms with Crippen LogP contribution in [0.15, 0.2) is 48.5 Å². The van der Waals surface area contributed by atoms with Crippen LogP contribution in [-0.4, -0.2) is 23.8 Å². The summed E-state index contributed by atoms with van der Waals surface area (Å²) < 4.78 is 0. The van der Waals surface area contributed by atoms with Crippen LogP contribution in [0.2, 0.25) is 0 Å². The highest BCUT2D eigenvalue weighted by Gasteiger charge is 2.33. The van der Waals surface area contributed by atoms with Gasteiger partial charge >= 0.3 is 0 Å². The molecule has 24 heavy (non-hydrogen) atoms. The molecule has 0 aromatic heterocycles. The van der Waals surface area contributed by atoms with E-state index < -0.39 is 11.3 Å². The second-order valence-corrected chi connectivity index (χ2v) is 6.67. The lowest BCUT2D eigenvalue weighted by Crippen LogP contribution is -2.41. The van der Waals surface area contributed by atoms with Gasteiger partial charge in [-0.25, -0.2) is 0 Å². The van der Waals surface area contributed by atoms with Crippen LogP contribution in [0.4, 0.5) is 0 Å². The Morgan fingerprint density at radius 1 is 1.08 bits per heavy atom. The summed E-state index contributed by atoms with van der Waals surface area (Å²) in [6.45, 7) is 6.32. The number of hydrogen-bond acceptors (Lipinski definition) is 2. The Balaban J connectivity index is 2.21. The third-order valence-corrected chi connectivity index (χ3v) is 4.33. The number of primary amides is 1. The molecule has 0 heterocycles. The van der Waals surface area contributed by atoms with Gasteiger partial charge in [-0.15, -0.1) is 0 Å². The fourth-order valence-electron chi connectivity index (χ4n) is 3.04. The lowest BCUT2D eigenvalue weighted by atomic mass is 9.81. The molecule has 2 aromatic rings. The van der Waals surface area contributed by atoms with Crippen molar-refractivity contribution in [1.82, 2.24) is 4.90 Å². The molecule has 2 rings (SSSR count). The largest absolute Gasteiger partial charge is 0.366 e. The zero-order valence-corrected chi connectivity index (χ0v) is 14.7. The number of benzene rings is 2. The van der Waals surface area contributed by atoms with Crippen molar-refractivity contribution in [3.8, 4) is 0 Å². The van der Waals surface area contributed by atoms with Crippen LogP contribution in [-0.2, 0) is 16.8 Å². The first kappa shape index (κ1) is 17.7. The van der Waals surface area contributed by atoms with Crippen molar-refractivity contribution >= 4 is 11.8 Å². The van der Waals surface area contributed by atoms with E-state index in [9.17, 15) is 9.59 Å². The van der Waals surface area contributed by atoms with E-state index in [0.717, 1.165) is 16.7 Å². The molecule has 0 bridgehead atoms. The molecule has 0 saturated carbocycles. The number of likely N-dealkylation sites (N-methyl/N-ethyl adjacent to an activating group) is 1. The van der Waals surface area contributed by atoms with Gasteiger partial charge < -0.3 is 10.6 Å². The maximum absolute atomic E-state index is 13.0. The predicted molar refractivity (Wildman–Crippen MR) is 95.6 cm³/mol. The topological polar surface area (TPSA) is 63.4 Å². The number of carbonyl (C=O) groups excluding carboxylic acids is 2. The molecule has 0 aliphatic rings. The average molecular weight is 324 g/mol. The third-order valence-electron chi connectivity index (χ3n) is 4.33. The summed E-state index contributed by atoms with van der Waals surface area (Å²) in [5, 5.41) is 0. The molecule has 0 aliphatic heterocycles. The monoisotopic (exact) mass is 324 g/mol. The van der Waals surface area contributed by atoms with Gasteiger partial charge in [-0.2, -0.15) is 0 Å². The number of aryl methyl sites for hydroxylation is 1. The lowest BCUT2D eigenvalue weighted by Gasteiger charge is -2.31. The molecule has 0 radical (unpaired) electrons. The summed E-state index contributed by atoms with van der Waals surface area (Å²) in [5.74, 6) is -0.438. The molecule has 0 spiro atoms. The van der Waals surface area contributed by atoms with Crippen molar-refractivity contribution in [3.05, 3.63) is 70.8 Å². The first-order valence-corrected chi connectivity index (χ1v) is 7.94. The van der Waals surface area contributed by atoms with Crippen molar-refractivity contribution in [2.45, 2.75) is 32.7 Å². The van der Waals surface area contributed by atoms with Gasteiger partial charge in [0.1, 0.15) is 0 Å². The summed E-state index contributed by atoms with van der Waals surface area (Å²) in [6.07, 6.45) is 0. The Hall–Kier alpha value is -2.62. The van der Waals surface area contributed by atoms with Gasteiger partial charge in [0.05, 0.1) is 5.41 Å². The number of nitrogens with zero attached hydrogens (tertiary/aromatic N) is 1. The molecule has 2 aromatic carbocycles. The normalized spacial score (nSPS) is 11.2. The first-order valence-electron chi connectivity index (χ1n) is 7.94. The smallest absolute Gasteiger partial charge is 0.248 e. The van der Waals surface area contributed by atoms with Gasteiger partial charge in [-0.1, -0.05) is 36.4 Å². The number of carbonyl (C=O) groups is 2. The number of rotatable bonds is 5. The van der Waals surface area contributed by atoms with Crippen molar-refractivity contribution in [3.63, 3.8) is 0 Å². The highest BCUT2D eigenvalue weighted by molar-refractivity contribution is 5.93. The van der Waals surface area contributed by atoms with Gasteiger partial charge in [-0.05, 0) is 49.6 Å². The molecular formula is C20H24N2O2. The van der Waals surface area contributed by atoms with E-state index in [1.165, 1.54) is 0 Å². The summed E-state index contributed by atoms with van der Waals surface area (Å²) >= 11 is 0. The van der Waals surface area contributed by atoms with E-state index in [-0.39, 0.29) is 5.91 Å². The zero-order chi connectivity index (χ0) is 17.9. The van der Waals surface area contributed by atoms with Crippen LogP contribution >= 0.6 is 0 Å². The first-order chi connectivity index (χ1) is 11.2. The highest BCUT2D eigenvalue weighted by atomic mass is 16.2. The Morgan fingerprint density at radius 2 is 1.75 bits per heavy atom. The Labute approximate surface area is 143 Å². The number of nitrogens with two attached hydrogens (primary N) is 1.